The number of hydrogen-bond donors (Lipinski definition) is 1. The van der Waals surface area contributed by atoms with Crippen LogP contribution < -0.4 is 15.5 Å². The molecule has 0 radical (unpaired) electrons. The summed E-state index contributed by atoms with van der Waals surface area (Å²) in [6, 6.07) is 0.439. The van der Waals surface area contributed by atoms with Crippen LogP contribution in [0.5, 0.6) is 0 Å². The van der Waals surface area contributed by atoms with E-state index in [9.17, 15) is 0 Å². The monoisotopic (exact) mass is 290 g/mol. The molecular formula is C15H26N6. The molecule has 2 saturated heterocycles. The summed E-state index contributed by atoms with van der Waals surface area (Å²) >= 11 is 0. The zero-order chi connectivity index (χ0) is 15.0. The van der Waals surface area contributed by atoms with E-state index in [-0.39, 0.29) is 0 Å². The highest BCUT2D eigenvalue weighted by Gasteiger charge is 2.31. The van der Waals surface area contributed by atoms with Crippen LogP contribution in [0.3, 0.4) is 0 Å². The maximum absolute atomic E-state index is 5.93. The maximum atomic E-state index is 5.93. The van der Waals surface area contributed by atoms with Crippen molar-refractivity contribution in [3.8, 4) is 0 Å². The van der Waals surface area contributed by atoms with Gasteiger partial charge in [0.2, 0.25) is 17.8 Å². The Hall–Kier alpha value is -1.59. The van der Waals surface area contributed by atoms with Crippen molar-refractivity contribution in [2.45, 2.75) is 46.1 Å². The molecule has 0 bridgehead atoms. The summed E-state index contributed by atoms with van der Waals surface area (Å²) in [6.07, 6.45) is 3.67. The highest BCUT2D eigenvalue weighted by atomic mass is 15.4. The Morgan fingerprint density at radius 1 is 1.00 bits per heavy atom. The van der Waals surface area contributed by atoms with Gasteiger partial charge in [0.1, 0.15) is 0 Å². The van der Waals surface area contributed by atoms with Gasteiger partial charge in [-0.1, -0.05) is 13.8 Å². The lowest BCUT2D eigenvalue weighted by Crippen LogP contribution is -2.47. The molecular weight excluding hydrogens is 264 g/mol. The number of aromatic nitrogens is 3. The molecule has 3 rings (SSSR count). The second kappa shape index (κ2) is 5.66. The number of nitrogen functional groups attached to an aromatic ring is 1. The van der Waals surface area contributed by atoms with Gasteiger partial charge in [0.25, 0.3) is 0 Å². The highest BCUT2D eigenvalue weighted by Crippen LogP contribution is 2.30. The van der Waals surface area contributed by atoms with Crippen LogP contribution in [0.1, 0.15) is 40.0 Å². The van der Waals surface area contributed by atoms with Crippen LogP contribution in [0.25, 0.3) is 0 Å². The number of rotatable bonds is 2. The first-order chi connectivity index (χ1) is 10.0. The third kappa shape index (κ3) is 2.89. The molecule has 6 heteroatoms. The van der Waals surface area contributed by atoms with E-state index in [0.717, 1.165) is 31.5 Å². The third-order valence-electron chi connectivity index (χ3n) is 4.87. The molecule has 3 heterocycles. The smallest absolute Gasteiger partial charge is 0.232 e. The van der Waals surface area contributed by atoms with Crippen LogP contribution >= 0.6 is 0 Å². The first-order valence-corrected chi connectivity index (χ1v) is 8.07. The summed E-state index contributed by atoms with van der Waals surface area (Å²) in [6.45, 7) is 9.89. The molecule has 0 aromatic carbocycles. The molecule has 6 nitrogen and oxygen atoms in total. The Labute approximate surface area is 126 Å². The van der Waals surface area contributed by atoms with Crippen molar-refractivity contribution in [2.75, 3.05) is 35.2 Å². The zero-order valence-corrected chi connectivity index (χ0v) is 13.3. The van der Waals surface area contributed by atoms with Gasteiger partial charge < -0.3 is 15.5 Å². The first kappa shape index (κ1) is 14.4. The molecule has 2 N–H and O–H groups in total. The fraction of sp³-hybridized carbons (Fsp3) is 0.800. The van der Waals surface area contributed by atoms with Gasteiger partial charge >= 0.3 is 0 Å². The van der Waals surface area contributed by atoms with Crippen LogP contribution in [0, 0.1) is 11.8 Å². The second-order valence-electron chi connectivity index (χ2n) is 6.70. The van der Waals surface area contributed by atoms with E-state index in [1.165, 1.54) is 19.3 Å². The summed E-state index contributed by atoms with van der Waals surface area (Å²) in [5.74, 6) is 3.12. The summed E-state index contributed by atoms with van der Waals surface area (Å²) < 4.78 is 0. The Balaban J connectivity index is 1.90. The lowest BCUT2D eigenvalue weighted by Gasteiger charge is -2.41. The van der Waals surface area contributed by atoms with Gasteiger partial charge in [0, 0.05) is 25.7 Å². The van der Waals surface area contributed by atoms with E-state index in [1.54, 1.807) is 0 Å². The maximum Gasteiger partial charge on any atom is 0.232 e. The van der Waals surface area contributed by atoms with Crippen LogP contribution in [-0.4, -0.2) is 40.6 Å². The fourth-order valence-corrected chi connectivity index (χ4v) is 3.54. The van der Waals surface area contributed by atoms with Crippen molar-refractivity contribution >= 4 is 17.8 Å². The van der Waals surface area contributed by atoms with Crippen LogP contribution in [0.15, 0.2) is 0 Å². The van der Waals surface area contributed by atoms with Crippen molar-refractivity contribution in [2.24, 2.45) is 11.8 Å². The molecule has 2 fully saturated rings. The van der Waals surface area contributed by atoms with E-state index in [0.29, 0.717) is 23.8 Å². The van der Waals surface area contributed by atoms with Crippen LogP contribution in [0.2, 0.25) is 0 Å². The van der Waals surface area contributed by atoms with Crippen LogP contribution in [-0.2, 0) is 0 Å². The largest absolute Gasteiger partial charge is 0.368 e. The van der Waals surface area contributed by atoms with Crippen molar-refractivity contribution < 1.29 is 0 Å². The summed E-state index contributed by atoms with van der Waals surface area (Å²) in [4.78, 5) is 18.0. The fourth-order valence-electron chi connectivity index (χ4n) is 3.54. The minimum atomic E-state index is 0.333. The minimum Gasteiger partial charge on any atom is -0.368 e. The number of piperidine rings is 1. The predicted molar refractivity (Wildman–Crippen MR) is 85.4 cm³/mol. The summed E-state index contributed by atoms with van der Waals surface area (Å²) in [5.41, 5.74) is 5.93. The molecule has 3 unspecified atom stereocenters. The molecule has 0 saturated carbocycles. The Morgan fingerprint density at radius 3 is 2.38 bits per heavy atom. The van der Waals surface area contributed by atoms with E-state index >= 15 is 0 Å². The first-order valence-electron chi connectivity index (χ1n) is 8.07. The van der Waals surface area contributed by atoms with Crippen molar-refractivity contribution in [1.29, 1.82) is 0 Å². The van der Waals surface area contributed by atoms with Crippen molar-refractivity contribution in [1.82, 2.24) is 15.0 Å². The van der Waals surface area contributed by atoms with Gasteiger partial charge in [0.15, 0.2) is 0 Å². The topological polar surface area (TPSA) is 71.2 Å². The molecule has 1 aromatic heterocycles. The van der Waals surface area contributed by atoms with Crippen molar-refractivity contribution in [3.63, 3.8) is 0 Å². The van der Waals surface area contributed by atoms with E-state index in [1.807, 2.05) is 0 Å². The molecule has 0 aliphatic carbocycles. The minimum absolute atomic E-state index is 0.333. The number of hydrogen-bond acceptors (Lipinski definition) is 6. The molecule has 0 spiro atoms. The standard InChI is InChI=1S/C15H26N6/c1-10-8-11(2)12(3)21(9-10)15-18-13(16)17-14(19-15)20-6-4-5-7-20/h10-12H,4-9H2,1-3H3,(H2,16,17,18,19). The number of anilines is 3. The molecule has 2 aliphatic rings. The normalized spacial score (nSPS) is 30.0. The number of nitrogens with zero attached hydrogens (tertiary/aromatic N) is 5. The molecule has 0 amide bonds. The SMILES string of the molecule is CC1CC(C)C(C)N(c2nc(N)nc(N3CCCC3)n2)C1. The van der Waals surface area contributed by atoms with Gasteiger partial charge in [-0.2, -0.15) is 15.0 Å². The zero-order valence-electron chi connectivity index (χ0n) is 13.3. The molecule has 21 heavy (non-hydrogen) atoms. The molecule has 116 valence electrons. The highest BCUT2D eigenvalue weighted by molar-refractivity contribution is 5.45. The lowest BCUT2D eigenvalue weighted by molar-refractivity contribution is 0.294. The average molecular weight is 290 g/mol. The lowest BCUT2D eigenvalue weighted by atomic mass is 9.86. The third-order valence-corrected chi connectivity index (χ3v) is 4.87. The van der Waals surface area contributed by atoms with Gasteiger partial charge in [-0.15, -0.1) is 0 Å². The Bertz CT molecular complexity index is 499. The molecule has 3 atom stereocenters. The predicted octanol–water partition coefficient (Wildman–Crippen LogP) is 1.92. The van der Waals surface area contributed by atoms with Gasteiger partial charge in [0.05, 0.1) is 0 Å². The Morgan fingerprint density at radius 2 is 1.67 bits per heavy atom. The van der Waals surface area contributed by atoms with Crippen molar-refractivity contribution in [3.05, 3.63) is 0 Å². The molecule has 1 aromatic rings. The van der Waals surface area contributed by atoms with E-state index in [4.69, 9.17) is 10.7 Å². The second-order valence-corrected chi connectivity index (χ2v) is 6.70. The van der Waals surface area contributed by atoms with E-state index in [2.05, 4.69) is 40.5 Å². The quantitative estimate of drug-likeness (QED) is 0.897. The van der Waals surface area contributed by atoms with Gasteiger partial charge in [-0.3, -0.25) is 0 Å². The summed E-state index contributed by atoms with van der Waals surface area (Å²) in [7, 11) is 0. The Kier molecular flexibility index (Phi) is 3.87. The van der Waals surface area contributed by atoms with Crippen LogP contribution in [0.4, 0.5) is 17.8 Å². The van der Waals surface area contributed by atoms with Gasteiger partial charge in [-0.05, 0) is 38.0 Å². The summed E-state index contributed by atoms with van der Waals surface area (Å²) in [5, 5.41) is 0. The molecule has 2 aliphatic heterocycles. The van der Waals surface area contributed by atoms with E-state index < -0.39 is 0 Å². The van der Waals surface area contributed by atoms with Gasteiger partial charge in [-0.25, -0.2) is 0 Å². The number of nitrogens with two attached hydrogens (primary N) is 1. The average Bonchev–Trinajstić information content (AvgIpc) is 2.96.